The van der Waals surface area contributed by atoms with Crippen molar-refractivity contribution in [3.05, 3.63) is 93.4 Å². The molecule has 0 aliphatic heterocycles. The summed E-state index contributed by atoms with van der Waals surface area (Å²) in [5, 5.41) is 19.9. The number of nitrogens with one attached hydrogen (secondary N) is 2. The van der Waals surface area contributed by atoms with Crippen LogP contribution >= 0.6 is 11.3 Å². The van der Waals surface area contributed by atoms with Gasteiger partial charge in [0.1, 0.15) is 0 Å². The quantitative estimate of drug-likeness (QED) is 0.373. The van der Waals surface area contributed by atoms with Crippen LogP contribution in [0.4, 0.5) is 0 Å². The molecule has 0 spiro atoms. The van der Waals surface area contributed by atoms with Crippen molar-refractivity contribution in [1.29, 1.82) is 10.8 Å². The lowest BCUT2D eigenvalue weighted by atomic mass is 9.98. The van der Waals surface area contributed by atoms with Crippen LogP contribution in [0.1, 0.15) is 40.2 Å². The predicted molar refractivity (Wildman–Crippen MR) is 115 cm³/mol. The molecule has 136 valence electrons. The van der Waals surface area contributed by atoms with Crippen LogP contribution in [0.25, 0.3) is 6.08 Å². The molecule has 0 saturated carbocycles. The van der Waals surface area contributed by atoms with E-state index >= 15 is 0 Å². The standard InChI is InChI=1S/C23H23N3S/c1-17-26-21(16-27-17)14-7-2-4-9-18-10-8-13-20(15-18)23(25)22(24)19-11-5-3-6-12-19/h3-6,8-13,15-16,24-25H,2,7,14H2,1H3/b9-4+,24-22?,25-23?. The monoisotopic (exact) mass is 373 g/mol. The van der Waals surface area contributed by atoms with Gasteiger partial charge in [0.05, 0.1) is 22.1 Å². The first-order valence-corrected chi connectivity index (χ1v) is 9.92. The summed E-state index contributed by atoms with van der Waals surface area (Å²) in [6.07, 6.45) is 7.35. The van der Waals surface area contributed by atoms with Crippen LogP contribution in [0.3, 0.4) is 0 Å². The summed E-state index contributed by atoms with van der Waals surface area (Å²) in [5.41, 5.74) is 4.26. The molecule has 0 aliphatic rings. The van der Waals surface area contributed by atoms with Crippen molar-refractivity contribution >= 4 is 28.8 Å². The molecule has 0 aliphatic carbocycles. The van der Waals surface area contributed by atoms with E-state index in [4.69, 9.17) is 10.8 Å². The molecular weight excluding hydrogens is 350 g/mol. The van der Waals surface area contributed by atoms with Gasteiger partial charge in [0.25, 0.3) is 0 Å². The highest BCUT2D eigenvalue weighted by atomic mass is 32.1. The summed E-state index contributed by atoms with van der Waals surface area (Å²) in [7, 11) is 0. The zero-order chi connectivity index (χ0) is 19.1. The lowest BCUT2D eigenvalue weighted by molar-refractivity contribution is 0.823. The number of hydrogen-bond donors (Lipinski definition) is 2. The number of aromatic nitrogens is 1. The van der Waals surface area contributed by atoms with Gasteiger partial charge in [-0.05, 0) is 37.8 Å². The Kier molecular flexibility index (Phi) is 6.44. The number of nitrogens with zero attached hydrogens (tertiary/aromatic N) is 1. The average Bonchev–Trinajstić information content (AvgIpc) is 3.12. The summed E-state index contributed by atoms with van der Waals surface area (Å²) < 4.78 is 0. The first-order valence-electron chi connectivity index (χ1n) is 9.04. The van der Waals surface area contributed by atoms with Crippen molar-refractivity contribution < 1.29 is 0 Å². The smallest absolute Gasteiger partial charge is 0.0897 e. The third-order valence-corrected chi connectivity index (χ3v) is 5.09. The minimum Gasteiger partial charge on any atom is -0.298 e. The minimum atomic E-state index is 0.246. The summed E-state index contributed by atoms with van der Waals surface area (Å²) in [5.74, 6) is 0. The molecule has 1 heterocycles. The Hall–Kier alpha value is -2.85. The molecule has 0 fully saturated rings. The number of thiazole rings is 1. The van der Waals surface area contributed by atoms with Crippen molar-refractivity contribution in [3.63, 3.8) is 0 Å². The Balaban J connectivity index is 1.58. The maximum Gasteiger partial charge on any atom is 0.0897 e. The number of aryl methyl sites for hydroxylation is 2. The van der Waals surface area contributed by atoms with E-state index in [-0.39, 0.29) is 11.4 Å². The molecule has 0 saturated heterocycles. The SMILES string of the molecule is Cc1nc(CCC/C=C/c2cccc(C(=N)C(=N)c3ccccc3)c2)cs1. The van der Waals surface area contributed by atoms with Crippen LogP contribution in [-0.4, -0.2) is 16.4 Å². The molecule has 1 aromatic heterocycles. The average molecular weight is 374 g/mol. The molecule has 3 aromatic rings. The van der Waals surface area contributed by atoms with Gasteiger partial charge >= 0.3 is 0 Å². The van der Waals surface area contributed by atoms with Crippen LogP contribution < -0.4 is 0 Å². The maximum atomic E-state index is 8.36. The Labute approximate surface area is 164 Å². The molecule has 2 aromatic carbocycles. The molecule has 0 amide bonds. The lowest BCUT2D eigenvalue weighted by Crippen LogP contribution is -2.14. The molecule has 27 heavy (non-hydrogen) atoms. The summed E-state index contributed by atoms with van der Waals surface area (Å²) in [4.78, 5) is 4.49. The third-order valence-electron chi connectivity index (χ3n) is 4.27. The van der Waals surface area contributed by atoms with Gasteiger partial charge in [0.15, 0.2) is 0 Å². The first kappa shape index (κ1) is 18.9. The van der Waals surface area contributed by atoms with Crippen molar-refractivity contribution in [2.75, 3.05) is 0 Å². The topological polar surface area (TPSA) is 60.6 Å². The number of hydrogen-bond acceptors (Lipinski definition) is 4. The van der Waals surface area contributed by atoms with Gasteiger partial charge in [-0.15, -0.1) is 11.3 Å². The van der Waals surface area contributed by atoms with Gasteiger partial charge in [0, 0.05) is 16.5 Å². The van der Waals surface area contributed by atoms with Crippen LogP contribution in [0.15, 0.2) is 66.1 Å². The zero-order valence-electron chi connectivity index (χ0n) is 15.4. The van der Waals surface area contributed by atoms with Gasteiger partial charge < -0.3 is 0 Å². The molecule has 0 bridgehead atoms. The fourth-order valence-corrected chi connectivity index (χ4v) is 3.48. The van der Waals surface area contributed by atoms with Gasteiger partial charge in [-0.1, -0.05) is 60.7 Å². The summed E-state index contributed by atoms with van der Waals surface area (Å²) >= 11 is 1.70. The number of benzene rings is 2. The molecule has 2 N–H and O–H groups in total. The van der Waals surface area contributed by atoms with E-state index in [1.54, 1.807) is 11.3 Å². The Morgan fingerprint density at radius 1 is 1.00 bits per heavy atom. The van der Waals surface area contributed by atoms with E-state index in [0.717, 1.165) is 41.0 Å². The van der Waals surface area contributed by atoms with Crippen LogP contribution in [0.5, 0.6) is 0 Å². The highest BCUT2D eigenvalue weighted by molar-refractivity contribution is 7.09. The fourth-order valence-electron chi connectivity index (χ4n) is 2.83. The van der Waals surface area contributed by atoms with Crippen LogP contribution in [0.2, 0.25) is 0 Å². The highest BCUT2D eigenvalue weighted by Gasteiger charge is 2.10. The minimum absolute atomic E-state index is 0.246. The fraction of sp³-hybridized carbons (Fsp3) is 0.174. The second kappa shape index (κ2) is 9.19. The summed E-state index contributed by atoms with van der Waals surface area (Å²) in [6.45, 7) is 2.04. The Morgan fingerprint density at radius 2 is 1.74 bits per heavy atom. The Bertz CT molecular complexity index is 955. The van der Waals surface area contributed by atoms with E-state index in [9.17, 15) is 0 Å². The second-order valence-corrected chi connectivity index (χ2v) is 7.46. The van der Waals surface area contributed by atoms with Crippen molar-refractivity contribution in [1.82, 2.24) is 4.98 Å². The lowest BCUT2D eigenvalue weighted by Gasteiger charge is -2.07. The van der Waals surface area contributed by atoms with Crippen molar-refractivity contribution in [3.8, 4) is 0 Å². The van der Waals surface area contributed by atoms with E-state index in [2.05, 4.69) is 22.5 Å². The molecule has 0 unspecified atom stereocenters. The van der Waals surface area contributed by atoms with Crippen molar-refractivity contribution in [2.45, 2.75) is 26.2 Å². The molecule has 0 radical (unpaired) electrons. The third kappa shape index (κ3) is 5.31. The molecular formula is C23H23N3S. The molecule has 0 atom stereocenters. The van der Waals surface area contributed by atoms with Gasteiger partial charge in [-0.25, -0.2) is 4.98 Å². The van der Waals surface area contributed by atoms with Crippen LogP contribution in [-0.2, 0) is 6.42 Å². The van der Waals surface area contributed by atoms with E-state index < -0.39 is 0 Å². The normalized spacial score (nSPS) is 11.0. The summed E-state index contributed by atoms with van der Waals surface area (Å²) in [6, 6.07) is 17.3. The number of rotatable bonds is 8. The number of allylic oxidation sites excluding steroid dienone is 1. The van der Waals surface area contributed by atoms with Gasteiger partial charge in [0.2, 0.25) is 0 Å². The van der Waals surface area contributed by atoms with Gasteiger partial charge in [-0.3, -0.25) is 10.8 Å². The first-order chi connectivity index (χ1) is 13.1. The zero-order valence-corrected chi connectivity index (χ0v) is 16.2. The van der Waals surface area contributed by atoms with Gasteiger partial charge in [-0.2, -0.15) is 0 Å². The number of unbranched alkanes of at least 4 members (excludes halogenated alkanes) is 1. The predicted octanol–water partition coefficient (Wildman–Crippen LogP) is 5.92. The largest absolute Gasteiger partial charge is 0.298 e. The van der Waals surface area contributed by atoms with Crippen LogP contribution in [0, 0.1) is 17.7 Å². The molecule has 3 nitrogen and oxygen atoms in total. The Morgan fingerprint density at radius 3 is 2.48 bits per heavy atom. The highest BCUT2D eigenvalue weighted by Crippen LogP contribution is 2.13. The molecule has 3 rings (SSSR count). The van der Waals surface area contributed by atoms with E-state index in [1.165, 1.54) is 5.69 Å². The van der Waals surface area contributed by atoms with E-state index in [1.807, 2.05) is 61.5 Å². The van der Waals surface area contributed by atoms with Crippen molar-refractivity contribution in [2.24, 2.45) is 0 Å². The molecule has 4 heteroatoms. The second-order valence-electron chi connectivity index (χ2n) is 6.39. The maximum absolute atomic E-state index is 8.36. The van der Waals surface area contributed by atoms with E-state index in [0.29, 0.717) is 0 Å².